The van der Waals surface area contributed by atoms with Crippen LogP contribution in [-0.4, -0.2) is 44.3 Å². The predicted octanol–water partition coefficient (Wildman–Crippen LogP) is 2.44. The van der Waals surface area contributed by atoms with Crippen molar-refractivity contribution >= 4 is 21.8 Å². The largest absolute Gasteiger partial charge is 0.338 e. The fraction of sp³-hybridized carbons (Fsp3) is 0.545. The molecule has 0 radical (unpaired) electrons. The summed E-state index contributed by atoms with van der Waals surface area (Å²) in [7, 11) is -2.20. The smallest absolute Gasteiger partial charge is 0.260 e. The minimum atomic E-state index is -3.85. The van der Waals surface area contributed by atoms with E-state index < -0.39 is 33.4 Å². The Labute approximate surface area is 180 Å². The van der Waals surface area contributed by atoms with Crippen LogP contribution in [-0.2, 0) is 25.4 Å². The first kappa shape index (κ1) is 25.8. The van der Waals surface area contributed by atoms with Gasteiger partial charge in [0.1, 0.15) is 0 Å². The van der Waals surface area contributed by atoms with Gasteiger partial charge in [-0.15, -0.1) is 0 Å². The molecule has 1 aromatic rings. The van der Waals surface area contributed by atoms with Crippen molar-refractivity contribution in [1.82, 2.24) is 9.62 Å². The Morgan fingerprint density at radius 3 is 2.17 bits per heavy atom. The second-order valence-electron chi connectivity index (χ2n) is 9.05. The fourth-order valence-corrected chi connectivity index (χ4v) is 4.02. The van der Waals surface area contributed by atoms with Crippen LogP contribution in [0.4, 0.5) is 0 Å². The van der Waals surface area contributed by atoms with E-state index in [4.69, 9.17) is 5.73 Å². The Kier molecular flexibility index (Phi) is 8.80. The van der Waals surface area contributed by atoms with Gasteiger partial charge >= 0.3 is 0 Å². The van der Waals surface area contributed by atoms with Gasteiger partial charge in [0.25, 0.3) is 5.91 Å². The first-order chi connectivity index (χ1) is 13.7. The monoisotopic (exact) mass is 437 g/mol. The highest BCUT2D eigenvalue weighted by Gasteiger charge is 2.33. The van der Waals surface area contributed by atoms with Crippen LogP contribution < -0.4 is 10.5 Å². The SMILES string of the molecule is CC(=C[C@H](C(C)C)N(C)C(=O)[C@@H](N)C(C)(C)C)C(=O)NS(=O)(=O)Cc1ccccc1. The number of hydrogen-bond donors (Lipinski definition) is 2. The maximum Gasteiger partial charge on any atom is 0.260 e. The van der Waals surface area contributed by atoms with Crippen LogP contribution in [0.1, 0.15) is 47.1 Å². The molecule has 7 nitrogen and oxygen atoms in total. The third kappa shape index (κ3) is 7.57. The van der Waals surface area contributed by atoms with E-state index >= 15 is 0 Å². The van der Waals surface area contributed by atoms with Gasteiger partial charge in [0.05, 0.1) is 17.8 Å². The number of carbonyl (C=O) groups excluding carboxylic acids is 2. The lowest BCUT2D eigenvalue weighted by atomic mass is 9.86. The van der Waals surface area contributed by atoms with Gasteiger partial charge in [0.2, 0.25) is 15.9 Å². The molecule has 1 rings (SSSR count). The van der Waals surface area contributed by atoms with Gasteiger partial charge in [-0.1, -0.05) is 71.0 Å². The number of benzene rings is 1. The highest BCUT2D eigenvalue weighted by molar-refractivity contribution is 7.89. The summed E-state index contributed by atoms with van der Waals surface area (Å²) in [4.78, 5) is 26.8. The van der Waals surface area contributed by atoms with Gasteiger partial charge in [-0.3, -0.25) is 9.59 Å². The van der Waals surface area contributed by atoms with Gasteiger partial charge in [-0.2, -0.15) is 0 Å². The third-order valence-corrected chi connectivity index (χ3v) is 6.11. The van der Waals surface area contributed by atoms with Crippen molar-refractivity contribution in [2.75, 3.05) is 7.05 Å². The van der Waals surface area contributed by atoms with Gasteiger partial charge in [0.15, 0.2) is 0 Å². The lowest BCUT2D eigenvalue weighted by molar-refractivity contribution is -0.135. The van der Waals surface area contributed by atoms with E-state index in [0.29, 0.717) is 5.56 Å². The molecule has 0 aliphatic rings. The fourth-order valence-electron chi connectivity index (χ4n) is 2.87. The number of hydrogen-bond acceptors (Lipinski definition) is 5. The van der Waals surface area contributed by atoms with Crippen molar-refractivity contribution in [1.29, 1.82) is 0 Å². The maximum atomic E-state index is 12.8. The molecular weight excluding hydrogens is 402 g/mol. The number of sulfonamides is 1. The summed E-state index contributed by atoms with van der Waals surface area (Å²) >= 11 is 0. The van der Waals surface area contributed by atoms with Crippen LogP contribution in [0.5, 0.6) is 0 Å². The van der Waals surface area contributed by atoms with Crippen LogP contribution in [0.3, 0.4) is 0 Å². The molecule has 168 valence electrons. The lowest BCUT2D eigenvalue weighted by Gasteiger charge is -2.35. The number of nitrogens with one attached hydrogen (secondary N) is 1. The van der Waals surface area contributed by atoms with Crippen molar-refractivity contribution in [2.45, 2.75) is 59.4 Å². The van der Waals surface area contributed by atoms with E-state index in [1.54, 1.807) is 43.5 Å². The molecule has 2 amide bonds. The van der Waals surface area contributed by atoms with E-state index in [-0.39, 0.29) is 23.2 Å². The van der Waals surface area contributed by atoms with E-state index in [2.05, 4.69) is 4.72 Å². The average molecular weight is 438 g/mol. The second-order valence-corrected chi connectivity index (χ2v) is 10.8. The standard InChI is InChI=1S/C22H35N3O4S/c1-15(2)18(25(7)21(27)19(23)22(4,5)6)13-16(3)20(26)24-30(28,29)14-17-11-9-8-10-12-17/h8-13,15,18-19H,14,23H2,1-7H3,(H,24,26)/t18-,19-/m1/s1. The summed E-state index contributed by atoms with van der Waals surface area (Å²) in [6.45, 7) is 11.0. The summed E-state index contributed by atoms with van der Waals surface area (Å²) in [6, 6.07) is 7.52. The Hall–Kier alpha value is -2.19. The zero-order valence-electron chi connectivity index (χ0n) is 19.0. The Morgan fingerprint density at radius 2 is 1.70 bits per heavy atom. The number of rotatable bonds is 8. The quantitative estimate of drug-likeness (QED) is 0.607. The van der Waals surface area contributed by atoms with Crippen molar-refractivity contribution in [3.05, 3.63) is 47.5 Å². The third-order valence-electron chi connectivity index (χ3n) is 4.90. The number of nitrogens with zero attached hydrogens (tertiary/aromatic N) is 1. The molecule has 2 atom stereocenters. The van der Waals surface area contributed by atoms with Crippen molar-refractivity contribution in [2.24, 2.45) is 17.1 Å². The first-order valence-corrected chi connectivity index (χ1v) is 11.6. The number of likely N-dealkylation sites (N-methyl/N-ethyl adjacent to an activating group) is 1. The summed E-state index contributed by atoms with van der Waals surface area (Å²) in [5.41, 5.74) is 6.50. The highest BCUT2D eigenvalue weighted by atomic mass is 32.2. The average Bonchev–Trinajstić information content (AvgIpc) is 2.63. The topological polar surface area (TPSA) is 110 Å². The first-order valence-electron chi connectivity index (χ1n) is 9.95. The molecule has 0 aliphatic heterocycles. The molecule has 0 aromatic heterocycles. The zero-order valence-corrected chi connectivity index (χ0v) is 19.8. The molecular formula is C22H35N3O4S. The Balaban J connectivity index is 2.98. The summed E-state index contributed by atoms with van der Waals surface area (Å²) in [5, 5.41) is 0. The molecule has 0 saturated heterocycles. The van der Waals surface area contributed by atoms with E-state index in [1.807, 2.05) is 34.6 Å². The van der Waals surface area contributed by atoms with Crippen LogP contribution >= 0.6 is 0 Å². The molecule has 0 aliphatic carbocycles. The lowest BCUT2D eigenvalue weighted by Crippen LogP contribution is -2.52. The molecule has 8 heteroatoms. The molecule has 3 N–H and O–H groups in total. The molecule has 30 heavy (non-hydrogen) atoms. The maximum absolute atomic E-state index is 12.8. The Bertz CT molecular complexity index is 871. The zero-order chi connectivity index (χ0) is 23.3. The van der Waals surface area contributed by atoms with E-state index in [9.17, 15) is 18.0 Å². The molecule has 0 unspecified atom stereocenters. The van der Waals surface area contributed by atoms with Gasteiger partial charge in [-0.05, 0) is 23.8 Å². The summed E-state index contributed by atoms with van der Waals surface area (Å²) in [5.74, 6) is -1.24. The molecule has 0 fully saturated rings. The van der Waals surface area contributed by atoms with Crippen LogP contribution in [0.25, 0.3) is 0 Å². The highest BCUT2D eigenvalue weighted by Crippen LogP contribution is 2.22. The number of nitrogens with two attached hydrogens (primary N) is 1. The van der Waals surface area contributed by atoms with E-state index in [0.717, 1.165) is 0 Å². The summed E-state index contributed by atoms with van der Waals surface area (Å²) in [6.07, 6.45) is 1.62. The van der Waals surface area contributed by atoms with Crippen LogP contribution in [0, 0.1) is 11.3 Å². The number of carbonyl (C=O) groups is 2. The minimum Gasteiger partial charge on any atom is -0.338 e. The molecule has 0 heterocycles. The molecule has 0 spiro atoms. The van der Waals surface area contributed by atoms with Gasteiger partial charge < -0.3 is 10.6 Å². The van der Waals surface area contributed by atoms with Crippen LogP contribution in [0.2, 0.25) is 0 Å². The molecule has 0 bridgehead atoms. The van der Waals surface area contributed by atoms with Crippen molar-refractivity contribution in [3.63, 3.8) is 0 Å². The van der Waals surface area contributed by atoms with Crippen molar-refractivity contribution < 1.29 is 18.0 Å². The molecule has 1 aromatic carbocycles. The van der Waals surface area contributed by atoms with Gasteiger partial charge in [-0.25, -0.2) is 13.1 Å². The minimum absolute atomic E-state index is 0.00482. The van der Waals surface area contributed by atoms with E-state index in [1.165, 1.54) is 11.8 Å². The predicted molar refractivity (Wildman–Crippen MR) is 120 cm³/mol. The summed E-state index contributed by atoms with van der Waals surface area (Å²) < 4.78 is 26.8. The number of amides is 2. The van der Waals surface area contributed by atoms with Crippen LogP contribution in [0.15, 0.2) is 42.0 Å². The second kappa shape index (κ2) is 10.2. The molecule has 0 saturated carbocycles. The Morgan fingerprint density at radius 1 is 1.17 bits per heavy atom. The van der Waals surface area contributed by atoms with Gasteiger partial charge in [0, 0.05) is 12.6 Å². The van der Waals surface area contributed by atoms with Crippen molar-refractivity contribution in [3.8, 4) is 0 Å². The normalized spacial score (nSPS) is 14.9.